The smallest absolute Gasteiger partial charge is 0.328 e. The van der Waals surface area contributed by atoms with Crippen LogP contribution in [-0.4, -0.2) is 65.3 Å². The standard InChI is InChI=1S/C16H19FN2O4/c1-18-8-6-16(7-9-18)19(13(10-23-16)15(21)22)14(20)11-2-4-12(17)5-3-11/h2-5,13H,6-10H2,1H3,(H,21,22)/t13-/m1/s1. The highest BCUT2D eigenvalue weighted by Gasteiger charge is 2.53. The van der Waals surface area contributed by atoms with Crippen LogP contribution in [-0.2, 0) is 9.53 Å². The number of piperidine rings is 1. The van der Waals surface area contributed by atoms with Gasteiger partial charge in [0, 0.05) is 31.5 Å². The van der Waals surface area contributed by atoms with E-state index in [2.05, 4.69) is 4.90 Å². The first-order chi connectivity index (χ1) is 10.9. The first-order valence-corrected chi connectivity index (χ1v) is 7.57. The van der Waals surface area contributed by atoms with Crippen LogP contribution in [0.1, 0.15) is 23.2 Å². The Labute approximate surface area is 133 Å². The van der Waals surface area contributed by atoms with E-state index in [1.165, 1.54) is 29.2 Å². The Bertz CT molecular complexity index is 611. The molecule has 1 aromatic rings. The first kappa shape index (κ1) is 15.9. The van der Waals surface area contributed by atoms with E-state index < -0.39 is 29.5 Å². The lowest BCUT2D eigenvalue weighted by atomic mass is 9.97. The zero-order chi connectivity index (χ0) is 16.6. The molecule has 1 spiro atoms. The van der Waals surface area contributed by atoms with Crippen molar-refractivity contribution in [3.63, 3.8) is 0 Å². The summed E-state index contributed by atoms with van der Waals surface area (Å²) in [5.41, 5.74) is -0.623. The van der Waals surface area contributed by atoms with Gasteiger partial charge in [0.25, 0.3) is 5.91 Å². The highest BCUT2D eigenvalue weighted by Crippen LogP contribution is 2.38. The van der Waals surface area contributed by atoms with Gasteiger partial charge in [0.15, 0.2) is 6.04 Å². The number of likely N-dealkylation sites (tertiary alicyclic amines) is 1. The van der Waals surface area contributed by atoms with Gasteiger partial charge in [0.05, 0.1) is 6.61 Å². The molecule has 0 aromatic heterocycles. The quantitative estimate of drug-likeness (QED) is 0.885. The Morgan fingerprint density at radius 2 is 1.87 bits per heavy atom. The van der Waals surface area contributed by atoms with E-state index >= 15 is 0 Å². The van der Waals surface area contributed by atoms with Crippen molar-refractivity contribution >= 4 is 11.9 Å². The summed E-state index contributed by atoms with van der Waals surface area (Å²) in [7, 11) is 1.97. The van der Waals surface area contributed by atoms with Gasteiger partial charge in [0.1, 0.15) is 11.5 Å². The number of hydrogen-bond donors (Lipinski definition) is 1. The number of benzene rings is 1. The van der Waals surface area contributed by atoms with E-state index in [-0.39, 0.29) is 12.2 Å². The van der Waals surface area contributed by atoms with Crippen LogP contribution in [0.15, 0.2) is 24.3 Å². The van der Waals surface area contributed by atoms with Crippen molar-refractivity contribution in [3.05, 3.63) is 35.6 Å². The minimum Gasteiger partial charge on any atom is -0.480 e. The predicted octanol–water partition coefficient (Wildman–Crippen LogP) is 1.17. The molecule has 1 atom stereocenters. The number of halogens is 1. The molecule has 0 aliphatic carbocycles. The SMILES string of the molecule is CN1CCC2(CC1)OC[C@H](C(=O)O)N2C(=O)c1ccc(F)cc1. The van der Waals surface area contributed by atoms with Crippen LogP contribution < -0.4 is 0 Å². The van der Waals surface area contributed by atoms with Crippen LogP contribution in [0, 0.1) is 5.82 Å². The monoisotopic (exact) mass is 322 g/mol. The molecule has 7 heteroatoms. The summed E-state index contributed by atoms with van der Waals surface area (Å²) in [5, 5.41) is 9.45. The molecule has 6 nitrogen and oxygen atoms in total. The van der Waals surface area contributed by atoms with E-state index in [9.17, 15) is 19.1 Å². The van der Waals surface area contributed by atoms with Crippen molar-refractivity contribution in [2.45, 2.75) is 24.6 Å². The molecule has 1 N–H and O–H groups in total. The lowest BCUT2D eigenvalue weighted by Crippen LogP contribution is -2.57. The number of carbonyl (C=O) groups is 2. The van der Waals surface area contributed by atoms with Gasteiger partial charge in [0.2, 0.25) is 0 Å². The van der Waals surface area contributed by atoms with E-state index in [0.29, 0.717) is 12.8 Å². The number of carbonyl (C=O) groups excluding carboxylic acids is 1. The second kappa shape index (κ2) is 5.90. The molecule has 2 aliphatic rings. The van der Waals surface area contributed by atoms with Gasteiger partial charge in [-0.1, -0.05) is 0 Å². The van der Waals surface area contributed by atoms with Crippen LogP contribution in [0.3, 0.4) is 0 Å². The third-order valence-electron chi connectivity index (χ3n) is 4.62. The average molecular weight is 322 g/mol. The fraction of sp³-hybridized carbons (Fsp3) is 0.500. The molecule has 0 bridgehead atoms. The van der Waals surface area contributed by atoms with Gasteiger partial charge in [-0.15, -0.1) is 0 Å². The van der Waals surface area contributed by atoms with Crippen molar-refractivity contribution in [2.75, 3.05) is 26.7 Å². The van der Waals surface area contributed by atoms with Gasteiger partial charge in [-0.2, -0.15) is 0 Å². The molecule has 23 heavy (non-hydrogen) atoms. The predicted molar refractivity (Wildman–Crippen MR) is 79.4 cm³/mol. The van der Waals surface area contributed by atoms with E-state index in [4.69, 9.17) is 4.74 Å². The van der Waals surface area contributed by atoms with E-state index in [1.807, 2.05) is 7.05 Å². The van der Waals surface area contributed by atoms with Gasteiger partial charge in [-0.05, 0) is 31.3 Å². The lowest BCUT2D eigenvalue weighted by molar-refractivity contribution is -0.143. The molecule has 0 unspecified atom stereocenters. The Morgan fingerprint density at radius 1 is 1.26 bits per heavy atom. The summed E-state index contributed by atoms with van der Waals surface area (Å²) < 4.78 is 18.9. The summed E-state index contributed by atoms with van der Waals surface area (Å²) >= 11 is 0. The van der Waals surface area contributed by atoms with Crippen molar-refractivity contribution in [1.29, 1.82) is 0 Å². The highest BCUT2D eigenvalue weighted by molar-refractivity contribution is 5.97. The zero-order valence-corrected chi connectivity index (χ0v) is 12.9. The summed E-state index contributed by atoms with van der Waals surface area (Å²) in [6, 6.07) is 4.12. The zero-order valence-electron chi connectivity index (χ0n) is 12.9. The number of nitrogens with zero attached hydrogens (tertiary/aromatic N) is 2. The number of hydrogen-bond acceptors (Lipinski definition) is 4. The molecule has 3 rings (SSSR count). The fourth-order valence-corrected chi connectivity index (χ4v) is 3.26. The Hall–Kier alpha value is -1.99. The van der Waals surface area contributed by atoms with Crippen LogP contribution in [0.4, 0.5) is 4.39 Å². The number of aliphatic carboxylic acids is 1. The van der Waals surface area contributed by atoms with Crippen molar-refractivity contribution < 1.29 is 23.8 Å². The molecule has 2 aliphatic heterocycles. The maximum atomic E-state index is 13.1. The average Bonchev–Trinajstić information content (AvgIpc) is 2.90. The molecule has 0 radical (unpaired) electrons. The molecule has 2 fully saturated rings. The summed E-state index contributed by atoms with van der Waals surface area (Å²) in [6.45, 7) is 1.42. The number of carboxylic acids is 1. The molecule has 0 saturated carbocycles. The molecule has 2 saturated heterocycles. The van der Waals surface area contributed by atoms with Gasteiger partial charge < -0.3 is 14.7 Å². The number of carboxylic acid groups (broad SMARTS) is 1. The number of rotatable bonds is 2. The summed E-state index contributed by atoms with van der Waals surface area (Å²) in [6.07, 6.45) is 1.11. The topological polar surface area (TPSA) is 70.1 Å². The van der Waals surface area contributed by atoms with Crippen LogP contribution in [0.2, 0.25) is 0 Å². The normalized spacial score (nSPS) is 24.1. The van der Waals surface area contributed by atoms with Gasteiger partial charge in [-0.3, -0.25) is 9.69 Å². The van der Waals surface area contributed by atoms with Gasteiger partial charge in [-0.25, -0.2) is 9.18 Å². The molecular formula is C16H19FN2O4. The molecule has 1 amide bonds. The summed E-state index contributed by atoms with van der Waals surface area (Å²) in [5.74, 6) is -1.96. The van der Waals surface area contributed by atoms with Crippen LogP contribution in [0.25, 0.3) is 0 Å². The highest BCUT2D eigenvalue weighted by atomic mass is 19.1. The Balaban J connectivity index is 1.94. The Morgan fingerprint density at radius 3 is 2.43 bits per heavy atom. The van der Waals surface area contributed by atoms with Crippen molar-refractivity contribution in [1.82, 2.24) is 9.80 Å². The lowest BCUT2D eigenvalue weighted by Gasteiger charge is -2.43. The fourth-order valence-electron chi connectivity index (χ4n) is 3.26. The molecular weight excluding hydrogens is 303 g/mol. The largest absolute Gasteiger partial charge is 0.480 e. The van der Waals surface area contributed by atoms with Crippen molar-refractivity contribution in [2.24, 2.45) is 0 Å². The number of ether oxygens (including phenoxy) is 1. The minimum absolute atomic E-state index is 0.0218. The van der Waals surface area contributed by atoms with Gasteiger partial charge >= 0.3 is 5.97 Å². The van der Waals surface area contributed by atoms with Crippen LogP contribution >= 0.6 is 0 Å². The third kappa shape index (κ3) is 2.82. The second-order valence-electron chi connectivity index (χ2n) is 6.10. The van der Waals surface area contributed by atoms with Crippen LogP contribution in [0.5, 0.6) is 0 Å². The minimum atomic E-state index is -1.09. The number of amides is 1. The maximum Gasteiger partial charge on any atom is 0.328 e. The Kier molecular flexibility index (Phi) is 4.08. The van der Waals surface area contributed by atoms with E-state index in [0.717, 1.165) is 13.1 Å². The molecule has 124 valence electrons. The van der Waals surface area contributed by atoms with E-state index in [1.54, 1.807) is 0 Å². The second-order valence-corrected chi connectivity index (χ2v) is 6.10. The summed E-state index contributed by atoms with van der Waals surface area (Å²) in [4.78, 5) is 27.9. The molecule has 1 aromatic carbocycles. The molecule has 2 heterocycles. The van der Waals surface area contributed by atoms with Crippen molar-refractivity contribution in [3.8, 4) is 0 Å². The third-order valence-corrected chi connectivity index (χ3v) is 4.62. The first-order valence-electron chi connectivity index (χ1n) is 7.57. The maximum absolute atomic E-state index is 13.1.